The summed E-state index contributed by atoms with van der Waals surface area (Å²) in [4.78, 5) is 0. The second kappa shape index (κ2) is 16.9. The Bertz CT molecular complexity index is 1130. The summed E-state index contributed by atoms with van der Waals surface area (Å²) in [6, 6.07) is 7.51. The zero-order chi connectivity index (χ0) is 34.6. The van der Waals surface area contributed by atoms with Crippen molar-refractivity contribution in [3.05, 3.63) is 35.4 Å². The minimum Gasteiger partial charge on any atom is -0.870 e. The van der Waals surface area contributed by atoms with Gasteiger partial charge in [0.05, 0.1) is 34.8 Å². The minimum absolute atomic E-state index is 0. The zero-order valence-corrected chi connectivity index (χ0v) is 35.1. The predicted molar refractivity (Wildman–Crippen MR) is 186 cm³/mol. The van der Waals surface area contributed by atoms with Gasteiger partial charge in [0.15, 0.2) is 11.5 Å². The van der Waals surface area contributed by atoms with Crippen LogP contribution in [-0.4, -0.2) is 48.1 Å². The van der Waals surface area contributed by atoms with Crippen molar-refractivity contribution in [2.75, 3.05) is 27.4 Å². The Kier molecular flexibility index (Phi) is 16.6. The van der Waals surface area contributed by atoms with Gasteiger partial charge in [-0.1, -0.05) is 64.5 Å². The zero-order valence-electron chi connectivity index (χ0n) is 30.7. The summed E-state index contributed by atoms with van der Waals surface area (Å²) in [6.07, 6.45) is 0. The second-order valence-corrected chi connectivity index (χ2v) is 23.9. The third-order valence-corrected chi connectivity index (χ3v) is 16.0. The summed E-state index contributed by atoms with van der Waals surface area (Å²) in [5.41, 5.74) is 1.62. The van der Waals surface area contributed by atoms with Gasteiger partial charge in [0.1, 0.15) is 10.6 Å². The average Bonchev–Trinajstić information content (AvgIpc) is 2.88. The molecule has 0 saturated heterocycles. The van der Waals surface area contributed by atoms with E-state index in [9.17, 15) is 20.4 Å². The summed E-state index contributed by atoms with van der Waals surface area (Å²) < 4.78 is 11.0. The standard InChI is InChI=1S/2C18H30O3P.Ir/c2*1-12(2)13-9-10-14(21-8)16(15(13)20)22(17(3,4)5)18(6,7)11-19;/h2*9-10,12,20H,11H2,1-8H3;/q2*-1;. The average molecular weight is 843 g/mol. The van der Waals surface area contributed by atoms with Crippen LogP contribution in [0.3, 0.4) is 0 Å². The maximum absolute atomic E-state index is 13.1. The van der Waals surface area contributed by atoms with Gasteiger partial charge in [0.2, 0.25) is 0 Å². The SMILES string of the molecule is COc1ccc(C(C)C)c([O-])c1[PH+](C(C)(C)C)C(C)(C)C[O-].COc1ccc(C(C)C)c([O-])c1[PH+](C(C)(C)C)C(C)(C)C[O-].[Ir]. The third-order valence-electron chi connectivity index (χ3n) is 8.06. The molecule has 0 aliphatic rings. The molecule has 0 aliphatic carbocycles. The maximum Gasteiger partial charge on any atom is 0.160 e. The summed E-state index contributed by atoms with van der Waals surface area (Å²) >= 11 is 0. The molecule has 0 fully saturated rings. The first-order chi connectivity index (χ1) is 19.9. The van der Waals surface area contributed by atoms with Gasteiger partial charge in [-0.05, 0) is 104 Å². The van der Waals surface area contributed by atoms with Crippen LogP contribution in [0.25, 0.3) is 0 Å². The predicted octanol–water partition coefficient (Wildman–Crippen LogP) is 5.34. The van der Waals surface area contributed by atoms with Gasteiger partial charge in [0, 0.05) is 35.9 Å². The molecule has 0 N–H and O–H groups in total. The molecule has 9 heteroatoms. The van der Waals surface area contributed by atoms with Gasteiger partial charge < -0.3 is 29.9 Å². The summed E-state index contributed by atoms with van der Waals surface area (Å²) in [5.74, 6) is 1.74. The van der Waals surface area contributed by atoms with Crippen LogP contribution in [0.2, 0.25) is 0 Å². The number of ether oxygens (including phenoxy) is 2. The van der Waals surface area contributed by atoms with E-state index < -0.39 is 26.2 Å². The van der Waals surface area contributed by atoms with Crippen LogP contribution in [0.1, 0.15) is 120 Å². The summed E-state index contributed by atoms with van der Waals surface area (Å²) in [6.45, 7) is 28.4. The molecular weight excluding hydrogens is 783 g/mol. The maximum atomic E-state index is 13.1. The summed E-state index contributed by atoms with van der Waals surface area (Å²) in [5, 5.41) is 50.3. The molecule has 0 amide bonds. The van der Waals surface area contributed by atoms with Crippen molar-refractivity contribution in [1.29, 1.82) is 0 Å². The molecule has 2 rings (SSSR count). The second-order valence-electron chi connectivity index (χ2n) is 15.7. The topological polar surface area (TPSA) is 111 Å². The van der Waals surface area contributed by atoms with Crippen LogP contribution in [0.4, 0.5) is 0 Å². The Balaban J connectivity index is 0.000000842. The molecule has 0 aromatic heterocycles. The van der Waals surface area contributed by atoms with Gasteiger partial charge in [-0.15, -0.1) is 0 Å². The van der Waals surface area contributed by atoms with Crippen molar-refractivity contribution in [2.45, 2.75) is 129 Å². The van der Waals surface area contributed by atoms with Gasteiger partial charge in [0.25, 0.3) is 0 Å². The van der Waals surface area contributed by atoms with Crippen LogP contribution in [0.15, 0.2) is 24.3 Å². The molecule has 0 bridgehead atoms. The minimum atomic E-state index is -1.44. The summed E-state index contributed by atoms with van der Waals surface area (Å²) in [7, 11) is 0.310. The first kappa shape index (κ1) is 44.1. The molecule has 0 saturated carbocycles. The van der Waals surface area contributed by atoms with Crippen molar-refractivity contribution >= 4 is 26.5 Å². The van der Waals surface area contributed by atoms with Crippen molar-refractivity contribution in [1.82, 2.24) is 0 Å². The van der Waals surface area contributed by atoms with Crippen LogP contribution in [0.5, 0.6) is 23.0 Å². The Morgan fingerprint density at radius 2 is 0.844 bits per heavy atom. The van der Waals surface area contributed by atoms with E-state index in [0.29, 0.717) is 11.5 Å². The number of benzene rings is 2. The Morgan fingerprint density at radius 1 is 0.578 bits per heavy atom. The van der Waals surface area contributed by atoms with E-state index in [1.165, 1.54) is 0 Å². The molecule has 2 atom stereocenters. The largest absolute Gasteiger partial charge is 0.870 e. The van der Waals surface area contributed by atoms with E-state index in [1.54, 1.807) is 14.2 Å². The monoisotopic (exact) mass is 843 g/mol. The van der Waals surface area contributed by atoms with Crippen molar-refractivity contribution < 1.29 is 50.0 Å². The van der Waals surface area contributed by atoms with E-state index in [0.717, 1.165) is 21.7 Å². The van der Waals surface area contributed by atoms with Gasteiger partial charge in [-0.2, -0.15) is 0 Å². The van der Waals surface area contributed by atoms with E-state index in [1.807, 2.05) is 79.7 Å². The van der Waals surface area contributed by atoms with E-state index >= 15 is 0 Å². The molecule has 2 aromatic rings. The van der Waals surface area contributed by atoms with Crippen molar-refractivity contribution in [3.63, 3.8) is 0 Å². The van der Waals surface area contributed by atoms with Gasteiger partial charge in [-0.25, -0.2) is 0 Å². The molecule has 0 spiro atoms. The molecule has 45 heavy (non-hydrogen) atoms. The molecule has 2 unspecified atom stereocenters. The Hall–Kier alpha value is -0.931. The van der Waals surface area contributed by atoms with Gasteiger partial charge >= 0.3 is 0 Å². The van der Waals surface area contributed by atoms with Crippen LogP contribution >= 0.6 is 15.8 Å². The van der Waals surface area contributed by atoms with Crippen LogP contribution < -0.4 is 40.5 Å². The quantitative estimate of drug-likeness (QED) is 0.299. The van der Waals surface area contributed by atoms with E-state index in [-0.39, 0.29) is 67.0 Å². The third kappa shape index (κ3) is 10.5. The molecule has 1 radical (unpaired) electrons. The molecule has 6 nitrogen and oxygen atoms in total. The smallest absolute Gasteiger partial charge is 0.160 e. The molecule has 261 valence electrons. The van der Waals surface area contributed by atoms with Crippen molar-refractivity contribution in [2.24, 2.45) is 0 Å². The number of hydrogen-bond donors (Lipinski definition) is 0. The van der Waals surface area contributed by atoms with Crippen LogP contribution in [-0.2, 0) is 20.1 Å². The fourth-order valence-corrected chi connectivity index (χ4v) is 15.3. The fourth-order valence-electron chi connectivity index (χ4n) is 6.49. The Labute approximate surface area is 290 Å². The van der Waals surface area contributed by atoms with Crippen LogP contribution in [0, 0.1) is 0 Å². The molecular formula is C36H60IrO6P2-2. The van der Waals surface area contributed by atoms with E-state index in [2.05, 4.69) is 41.5 Å². The Morgan fingerprint density at radius 3 is 1.02 bits per heavy atom. The fraction of sp³-hybridized carbons (Fsp3) is 0.667. The van der Waals surface area contributed by atoms with Crippen molar-refractivity contribution in [3.8, 4) is 23.0 Å². The first-order valence-electron chi connectivity index (χ1n) is 15.6. The molecule has 0 aliphatic heterocycles. The molecule has 2 aromatic carbocycles. The number of hydrogen-bond acceptors (Lipinski definition) is 6. The molecule has 0 heterocycles. The van der Waals surface area contributed by atoms with Gasteiger partial charge in [-0.3, -0.25) is 0 Å². The number of methoxy groups -OCH3 is 2. The number of rotatable bonds is 10. The normalized spacial score (nSPS) is 14.0. The van der Waals surface area contributed by atoms with E-state index in [4.69, 9.17) is 9.47 Å². The first-order valence-corrected chi connectivity index (χ1v) is 18.6.